The van der Waals surface area contributed by atoms with Crippen molar-refractivity contribution in [3.8, 4) is 0 Å². The highest BCUT2D eigenvalue weighted by Crippen LogP contribution is 2.16. The number of esters is 2. The van der Waals surface area contributed by atoms with Gasteiger partial charge in [0.05, 0.1) is 6.61 Å². The standard InChI is InChI=1S/C59H108O5/c1-4-7-10-13-16-19-22-24-26-28-30-31-33-35-38-40-43-46-49-52-58(60)63-56-57(64-59(61)53-50-47-44-41-37-21-18-15-12-9-6-3)55-62-54-51-48-45-42-39-36-34-32-29-27-25-23-20-17-14-11-8-5-2/h15-16,18-19,24,26,30-31,57H,4-14,17,20-23,25,27-29,32-56H2,1-3H3/b18-15-,19-16-,26-24-,31-30-. The summed E-state index contributed by atoms with van der Waals surface area (Å²) in [5.41, 5.74) is 0. The van der Waals surface area contributed by atoms with Crippen LogP contribution in [0.1, 0.15) is 290 Å². The molecule has 0 heterocycles. The molecule has 0 bridgehead atoms. The minimum Gasteiger partial charge on any atom is -0.462 e. The van der Waals surface area contributed by atoms with Crippen molar-refractivity contribution in [2.24, 2.45) is 0 Å². The molecule has 0 amide bonds. The van der Waals surface area contributed by atoms with Crippen molar-refractivity contribution in [3.63, 3.8) is 0 Å². The number of allylic oxidation sites excluding steroid dienone is 8. The molecule has 0 spiro atoms. The maximum atomic E-state index is 12.8. The van der Waals surface area contributed by atoms with E-state index in [0.717, 1.165) is 70.6 Å². The van der Waals surface area contributed by atoms with Crippen molar-refractivity contribution in [1.82, 2.24) is 0 Å². The molecule has 0 saturated heterocycles. The van der Waals surface area contributed by atoms with Crippen LogP contribution in [0.4, 0.5) is 0 Å². The van der Waals surface area contributed by atoms with Gasteiger partial charge in [-0.05, 0) is 77.0 Å². The van der Waals surface area contributed by atoms with Gasteiger partial charge in [-0.3, -0.25) is 9.59 Å². The van der Waals surface area contributed by atoms with Gasteiger partial charge in [0.1, 0.15) is 6.61 Å². The zero-order valence-electron chi connectivity index (χ0n) is 43.1. The SMILES string of the molecule is CCCC/C=C\CCCCCCCC(=O)OC(COCCCCCCCCCCCCCCCCCCCC)COC(=O)CCCCCCCC/C=C\C/C=C\C/C=C\CCCCC. The lowest BCUT2D eigenvalue weighted by atomic mass is 10.0. The van der Waals surface area contributed by atoms with Crippen LogP contribution in [0.15, 0.2) is 48.6 Å². The van der Waals surface area contributed by atoms with Crippen LogP contribution < -0.4 is 0 Å². The van der Waals surface area contributed by atoms with E-state index in [0.29, 0.717) is 19.4 Å². The summed E-state index contributed by atoms with van der Waals surface area (Å²) in [7, 11) is 0. The molecule has 1 unspecified atom stereocenters. The average Bonchev–Trinajstić information content (AvgIpc) is 3.30. The number of hydrogen-bond donors (Lipinski definition) is 0. The molecular formula is C59H108O5. The fraction of sp³-hybridized carbons (Fsp3) is 0.831. The first-order valence-electron chi connectivity index (χ1n) is 28.2. The van der Waals surface area contributed by atoms with Crippen LogP contribution in [-0.2, 0) is 23.8 Å². The van der Waals surface area contributed by atoms with Gasteiger partial charge in [-0.15, -0.1) is 0 Å². The predicted molar refractivity (Wildman–Crippen MR) is 279 cm³/mol. The van der Waals surface area contributed by atoms with Crippen LogP contribution in [0, 0.1) is 0 Å². The first-order chi connectivity index (χ1) is 31.6. The van der Waals surface area contributed by atoms with Gasteiger partial charge in [0.15, 0.2) is 6.10 Å². The lowest BCUT2D eigenvalue weighted by Gasteiger charge is -2.18. The van der Waals surface area contributed by atoms with Crippen LogP contribution in [0.5, 0.6) is 0 Å². The van der Waals surface area contributed by atoms with Gasteiger partial charge in [0.25, 0.3) is 0 Å². The van der Waals surface area contributed by atoms with Crippen LogP contribution in [0.3, 0.4) is 0 Å². The third-order valence-corrected chi connectivity index (χ3v) is 12.3. The summed E-state index contributed by atoms with van der Waals surface area (Å²) in [5, 5.41) is 0. The summed E-state index contributed by atoms with van der Waals surface area (Å²) < 4.78 is 17.4. The Balaban J connectivity index is 4.21. The van der Waals surface area contributed by atoms with Crippen LogP contribution >= 0.6 is 0 Å². The molecule has 5 heteroatoms. The molecule has 5 nitrogen and oxygen atoms in total. The second-order valence-electron chi connectivity index (χ2n) is 18.8. The monoisotopic (exact) mass is 897 g/mol. The summed E-state index contributed by atoms with van der Waals surface area (Å²) in [6.07, 6.45) is 68.4. The normalized spacial score (nSPS) is 12.5. The maximum Gasteiger partial charge on any atom is 0.306 e. The highest BCUT2D eigenvalue weighted by Gasteiger charge is 2.17. The van der Waals surface area contributed by atoms with E-state index in [4.69, 9.17) is 14.2 Å². The number of unbranched alkanes of at least 4 members (excludes halogenated alkanes) is 33. The molecule has 0 aliphatic heterocycles. The Kier molecular flexibility index (Phi) is 53.3. The van der Waals surface area contributed by atoms with Crippen LogP contribution in [-0.4, -0.2) is 37.9 Å². The molecule has 0 aliphatic carbocycles. The Morgan fingerprint density at radius 2 is 0.672 bits per heavy atom. The van der Waals surface area contributed by atoms with Crippen LogP contribution in [0.25, 0.3) is 0 Å². The van der Waals surface area contributed by atoms with Crippen molar-refractivity contribution in [1.29, 1.82) is 0 Å². The minimum atomic E-state index is -0.543. The third-order valence-electron chi connectivity index (χ3n) is 12.3. The van der Waals surface area contributed by atoms with E-state index in [1.165, 1.54) is 186 Å². The number of ether oxygens (including phenoxy) is 3. The van der Waals surface area contributed by atoms with Gasteiger partial charge < -0.3 is 14.2 Å². The average molecular weight is 898 g/mol. The molecule has 374 valence electrons. The van der Waals surface area contributed by atoms with Gasteiger partial charge in [0.2, 0.25) is 0 Å². The minimum absolute atomic E-state index is 0.0783. The molecule has 0 aromatic carbocycles. The van der Waals surface area contributed by atoms with Gasteiger partial charge >= 0.3 is 11.9 Å². The number of rotatable bonds is 52. The highest BCUT2D eigenvalue weighted by molar-refractivity contribution is 5.70. The maximum absolute atomic E-state index is 12.8. The molecule has 0 N–H and O–H groups in total. The Labute approximate surface area is 399 Å². The number of hydrogen-bond acceptors (Lipinski definition) is 5. The smallest absolute Gasteiger partial charge is 0.306 e. The summed E-state index contributed by atoms with van der Waals surface area (Å²) in [5.74, 6) is -0.410. The molecule has 0 fully saturated rings. The van der Waals surface area contributed by atoms with Gasteiger partial charge in [-0.25, -0.2) is 0 Å². The molecule has 0 radical (unpaired) electrons. The van der Waals surface area contributed by atoms with E-state index in [9.17, 15) is 9.59 Å². The molecule has 0 aliphatic rings. The van der Waals surface area contributed by atoms with E-state index < -0.39 is 6.10 Å². The van der Waals surface area contributed by atoms with E-state index in [2.05, 4.69) is 69.4 Å². The van der Waals surface area contributed by atoms with Crippen molar-refractivity contribution in [2.45, 2.75) is 297 Å². The lowest BCUT2D eigenvalue weighted by molar-refractivity contribution is -0.163. The number of carbonyl (C=O) groups excluding carboxylic acids is 2. The quantitative estimate of drug-likeness (QED) is 0.0346. The first-order valence-corrected chi connectivity index (χ1v) is 28.2. The van der Waals surface area contributed by atoms with Gasteiger partial charge in [-0.1, -0.05) is 249 Å². The summed E-state index contributed by atoms with van der Waals surface area (Å²) in [6, 6.07) is 0. The van der Waals surface area contributed by atoms with Crippen molar-refractivity contribution >= 4 is 11.9 Å². The second-order valence-corrected chi connectivity index (χ2v) is 18.8. The lowest BCUT2D eigenvalue weighted by Crippen LogP contribution is -2.30. The van der Waals surface area contributed by atoms with Gasteiger partial charge in [0, 0.05) is 19.4 Å². The van der Waals surface area contributed by atoms with Crippen molar-refractivity contribution in [2.75, 3.05) is 19.8 Å². The van der Waals surface area contributed by atoms with Gasteiger partial charge in [-0.2, -0.15) is 0 Å². The van der Waals surface area contributed by atoms with E-state index in [-0.39, 0.29) is 25.2 Å². The van der Waals surface area contributed by atoms with Crippen molar-refractivity contribution < 1.29 is 23.8 Å². The summed E-state index contributed by atoms with van der Waals surface area (Å²) in [6.45, 7) is 7.79. The highest BCUT2D eigenvalue weighted by atomic mass is 16.6. The molecule has 0 aromatic heterocycles. The Morgan fingerprint density at radius 1 is 0.344 bits per heavy atom. The van der Waals surface area contributed by atoms with E-state index in [1.54, 1.807) is 0 Å². The zero-order chi connectivity index (χ0) is 46.3. The predicted octanol–water partition coefficient (Wildman–Crippen LogP) is 19.1. The van der Waals surface area contributed by atoms with Crippen molar-refractivity contribution in [3.05, 3.63) is 48.6 Å². The van der Waals surface area contributed by atoms with E-state index >= 15 is 0 Å². The third kappa shape index (κ3) is 52.5. The van der Waals surface area contributed by atoms with E-state index in [1.807, 2.05) is 0 Å². The fourth-order valence-electron chi connectivity index (χ4n) is 8.09. The largest absolute Gasteiger partial charge is 0.462 e. The zero-order valence-corrected chi connectivity index (χ0v) is 43.1. The Bertz CT molecular complexity index is 1060. The Morgan fingerprint density at radius 3 is 1.14 bits per heavy atom. The number of carbonyl (C=O) groups is 2. The summed E-state index contributed by atoms with van der Waals surface area (Å²) >= 11 is 0. The molecular weight excluding hydrogens is 789 g/mol. The molecule has 0 saturated carbocycles. The summed E-state index contributed by atoms with van der Waals surface area (Å²) in [4.78, 5) is 25.4. The Hall–Kier alpha value is -2.14. The topological polar surface area (TPSA) is 61.8 Å². The molecule has 1 atom stereocenters. The fourth-order valence-corrected chi connectivity index (χ4v) is 8.09. The van der Waals surface area contributed by atoms with Crippen LogP contribution in [0.2, 0.25) is 0 Å². The molecule has 64 heavy (non-hydrogen) atoms. The molecule has 0 rings (SSSR count). The second kappa shape index (κ2) is 55.2. The first kappa shape index (κ1) is 61.9. The molecule has 0 aromatic rings.